The summed E-state index contributed by atoms with van der Waals surface area (Å²) >= 11 is 6.96. The molecule has 0 radical (unpaired) electrons. The number of para-hydroxylation sites is 1. The molecule has 31 heavy (non-hydrogen) atoms. The van der Waals surface area contributed by atoms with Gasteiger partial charge in [-0.2, -0.15) is 13.2 Å². The van der Waals surface area contributed by atoms with Gasteiger partial charge in [-0.05, 0) is 30.0 Å². The van der Waals surface area contributed by atoms with Gasteiger partial charge in [0.25, 0.3) is 10.0 Å². The fourth-order valence-electron chi connectivity index (χ4n) is 2.74. The van der Waals surface area contributed by atoms with E-state index in [-0.39, 0.29) is 10.0 Å². The fraction of sp³-hybridized carbons (Fsp3) is 0.111. The molecular formula is C18H13ClF3N3O4S2. The van der Waals surface area contributed by atoms with Crippen molar-refractivity contribution in [3.63, 3.8) is 0 Å². The minimum Gasteiger partial charge on any atom is -0.464 e. The zero-order valence-corrected chi connectivity index (χ0v) is 17.9. The number of aryl methyl sites for hydroxylation is 1. The number of sulfonamides is 1. The highest BCUT2D eigenvalue weighted by molar-refractivity contribution is 7.99. The standard InChI is InChI=1S/C18H13ClF3N3O4S2/c1-25-14-5-3-2-4-11(14)12(6-7-31(28,29)24-17(26)27)16(25)30-15-13(19)8-10(9-23-15)18(20,21)22/h2-9,24H,1H3,(H,26,27)/b7-6+. The SMILES string of the molecule is Cn1c(Sc2ncc(C(F)(F)F)cc2Cl)c(/C=C/S(=O)(=O)NC(=O)O)c2ccccc21. The highest BCUT2D eigenvalue weighted by Crippen LogP contribution is 2.40. The Bertz CT molecular complexity index is 1300. The molecule has 0 bridgehead atoms. The van der Waals surface area contributed by atoms with Gasteiger partial charge in [-0.25, -0.2) is 22.9 Å². The van der Waals surface area contributed by atoms with Gasteiger partial charge in [-0.3, -0.25) is 0 Å². The fourth-order valence-corrected chi connectivity index (χ4v) is 4.62. The quantitative estimate of drug-likeness (QED) is 0.523. The van der Waals surface area contributed by atoms with Gasteiger partial charge in [-0.1, -0.05) is 29.8 Å². The summed E-state index contributed by atoms with van der Waals surface area (Å²) in [6, 6.07) is 7.73. The first kappa shape index (κ1) is 23.0. The van der Waals surface area contributed by atoms with E-state index in [0.29, 0.717) is 33.1 Å². The summed E-state index contributed by atoms with van der Waals surface area (Å²) in [5.74, 6) is 0. The zero-order chi connectivity index (χ0) is 23.0. The molecule has 0 atom stereocenters. The summed E-state index contributed by atoms with van der Waals surface area (Å²) in [5, 5.41) is 10.3. The average Bonchev–Trinajstić information content (AvgIpc) is 2.92. The highest BCUT2D eigenvalue weighted by Gasteiger charge is 2.32. The number of aromatic nitrogens is 2. The number of benzene rings is 1. The Morgan fingerprint density at radius 1 is 1.32 bits per heavy atom. The summed E-state index contributed by atoms with van der Waals surface area (Å²) in [7, 11) is -2.59. The average molecular weight is 492 g/mol. The van der Waals surface area contributed by atoms with E-state index in [9.17, 15) is 26.4 Å². The predicted molar refractivity (Wildman–Crippen MR) is 110 cm³/mol. The molecule has 0 aliphatic heterocycles. The van der Waals surface area contributed by atoms with E-state index in [1.165, 1.54) is 10.8 Å². The maximum Gasteiger partial charge on any atom is 0.418 e. The van der Waals surface area contributed by atoms with Gasteiger partial charge in [0.1, 0.15) is 5.03 Å². The third kappa shape index (κ3) is 5.14. The lowest BCUT2D eigenvalue weighted by Gasteiger charge is -2.10. The van der Waals surface area contributed by atoms with Crippen molar-refractivity contribution in [2.75, 3.05) is 0 Å². The second-order valence-electron chi connectivity index (χ2n) is 6.16. The van der Waals surface area contributed by atoms with Crippen LogP contribution in [0.1, 0.15) is 11.1 Å². The number of hydrogen-bond donors (Lipinski definition) is 2. The van der Waals surface area contributed by atoms with Crippen molar-refractivity contribution in [3.8, 4) is 0 Å². The van der Waals surface area contributed by atoms with Crippen LogP contribution in [0.15, 0.2) is 52.0 Å². The molecule has 3 aromatic rings. The minimum absolute atomic E-state index is 0.0849. The van der Waals surface area contributed by atoms with E-state index >= 15 is 0 Å². The van der Waals surface area contributed by atoms with Crippen LogP contribution in [0.5, 0.6) is 0 Å². The zero-order valence-electron chi connectivity index (χ0n) is 15.5. The summed E-state index contributed by atoms with van der Waals surface area (Å²) in [6.07, 6.45) is -4.47. The maximum absolute atomic E-state index is 12.9. The molecule has 1 amide bonds. The Morgan fingerprint density at radius 3 is 2.61 bits per heavy atom. The Hall–Kier alpha value is -2.70. The van der Waals surface area contributed by atoms with Crippen LogP contribution in [0.2, 0.25) is 5.02 Å². The summed E-state index contributed by atoms with van der Waals surface area (Å²) < 4.78 is 65.5. The molecule has 0 aliphatic carbocycles. The van der Waals surface area contributed by atoms with Crippen LogP contribution in [0.25, 0.3) is 17.0 Å². The third-order valence-electron chi connectivity index (χ3n) is 4.06. The monoisotopic (exact) mass is 491 g/mol. The Balaban J connectivity index is 2.10. The van der Waals surface area contributed by atoms with E-state index in [0.717, 1.165) is 17.8 Å². The number of alkyl halides is 3. The number of nitrogens with one attached hydrogen (secondary N) is 1. The van der Waals surface area contributed by atoms with Crippen LogP contribution in [-0.4, -0.2) is 29.2 Å². The van der Waals surface area contributed by atoms with E-state index in [2.05, 4.69) is 4.98 Å². The third-order valence-corrected chi connectivity index (χ3v) is 6.62. The number of nitrogens with zero attached hydrogens (tertiary/aromatic N) is 2. The van der Waals surface area contributed by atoms with Gasteiger partial charge >= 0.3 is 12.3 Å². The molecule has 0 saturated heterocycles. The smallest absolute Gasteiger partial charge is 0.418 e. The topological polar surface area (TPSA) is 101 Å². The molecule has 2 heterocycles. The number of halogens is 4. The number of carbonyl (C=O) groups is 1. The van der Waals surface area contributed by atoms with Crippen molar-refractivity contribution in [1.82, 2.24) is 14.3 Å². The first-order valence-electron chi connectivity index (χ1n) is 8.31. The summed E-state index contributed by atoms with van der Waals surface area (Å²) in [5.41, 5.74) is 0.109. The molecule has 3 rings (SSSR count). The van der Waals surface area contributed by atoms with Gasteiger partial charge in [0.2, 0.25) is 0 Å². The Kier molecular flexibility index (Phi) is 6.25. The van der Waals surface area contributed by atoms with Gasteiger partial charge < -0.3 is 9.67 Å². The second kappa shape index (κ2) is 8.44. The minimum atomic E-state index is -4.60. The van der Waals surface area contributed by atoms with Gasteiger partial charge in [0, 0.05) is 29.7 Å². The van der Waals surface area contributed by atoms with Crippen molar-refractivity contribution >= 4 is 56.5 Å². The number of hydrogen-bond acceptors (Lipinski definition) is 5. The van der Waals surface area contributed by atoms with Crippen molar-refractivity contribution in [3.05, 3.63) is 58.1 Å². The largest absolute Gasteiger partial charge is 0.464 e. The van der Waals surface area contributed by atoms with Crippen molar-refractivity contribution in [1.29, 1.82) is 0 Å². The van der Waals surface area contributed by atoms with Crippen LogP contribution < -0.4 is 4.72 Å². The van der Waals surface area contributed by atoms with Crippen LogP contribution >= 0.6 is 23.4 Å². The van der Waals surface area contributed by atoms with Crippen LogP contribution in [-0.2, 0) is 23.2 Å². The maximum atomic E-state index is 12.9. The molecule has 0 spiro atoms. The van der Waals surface area contributed by atoms with Gasteiger partial charge in [0.05, 0.1) is 21.0 Å². The van der Waals surface area contributed by atoms with Crippen molar-refractivity contribution < 1.29 is 31.5 Å². The summed E-state index contributed by atoms with van der Waals surface area (Å²) in [6.45, 7) is 0. The predicted octanol–water partition coefficient (Wildman–Crippen LogP) is 4.96. The molecule has 0 saturated carbocycles. The lowest BCUT2D eigenvalue weighted by molar-refractivity contribution is -0.137. The molecule has 2 aromatic heterocycles. The molecular weight excluding hydrogens is 479 g/mol. The Morgan fingerprint density at radius 2 is 2.00 bits per heavy atom. The van der Waals surface area contributed by atoms with Crippen molar-refractivity contribution in [2.45, 2.75) is 16.2 Å². The second-order valence-corrected chi connectivity index (χ2v) is 9.11. The van der Waals surface area contributed by atoms with Crippen molar-refractivity contribution in [2.24, 2.45) is 7.05 Å². The molecule has 1 aromatic carbocycles. The molecule has 0 fully saturated rings. The van der Waals surface area contributed by atoms with Gasteiger partial charge in [-0.15, -0.1) is 0 Å². The van der Waals surface area contributed by atoms with E-state index < -0.39 is 27.9 Å². The highest BCUT2D eigenvalue weighted by atomic mass is 35.5. The van der Waals surface area contributed by atoms with Crippen LogP contribution in [0, 0.1) is 0 Å². The first-order chi connectivity index (χ1) is 14.4. The van der Waals surface area contributed by atoms with E-state index in [4.69, 9.17) is 16.7 Å². The molecule has 0 unspecified atom stereocenters. The molecule has 0 aliphatic rings. The number of rotatable bonds is 5. The summed E-state index contributed by atoms with van der Waals surface area (Å²) in [4.78, 5) is 14.5. The normalized spacial score (nSPS) is 12.5. The molecule has 2 N–H and O–H groups in total. The van der Waals surface area contributed by atoms with Crippen LogP contribution in [0.4, 0.5) is 18.0 Å². The molecule has 164 valence electrons. The van der Waals surface area contributed by atoms with Gasteiger partial charge in [0.15, 0.2) is 0 Å². The molecule has 7 nitrogen and oxygen atoms in total. The first-order valence-corrected chi connectivity index (χ1v) is 11.0. The number of fused-ring (bicyclic) bond motifs is 1. The van der Waals surface area contributed by atoms with E-state index in [1.54, 1.807) is 35.9 Å². The van der Waals surface area contributed by atoms with Crippen LogP contribution in [0.3, 0.4) is 0 Å². The lowest BCUT2D eigenvalue weighted by Crippen LogP contribution is -2.26. The Labute approximate surface area is 183 Å². The molecule has 13 heteroatoms. The number of pyridine rings is 1. The number of amides is 1. The lowest BCUT2D eigenvalue weighted by atomic mass is 10.2. The number of carboxylic acid groups (broad SMARTS) is 1. The van der Waals surface area contributed by atoms with E-state index in [1.807, 2.05) is 0 Å².